The van der Waals surface area contributed by atoms with E-state index in [-0.39, 0.29) is 29.5 Å². The Hall–Kier alpha value is -4.20. The van der Waals surface area contributed by atoms with Crippen LogP contribution in [0.3, 0.4) is 0 Å². The number of pyridine rings is 1. The zero-order valence-electron chi connectivity index (χ0n) is 20.8. The number of fused-ring (bicyclic) bond motifs is 1. The average molecular weight is 485 g/mol. The molecular weight excluding hydrogens is 456 g/mol. The van der Waals surface area contributed by atoms with Gasteiger partial charge in [0.2, 0.25) is 5.89 Å². The number of rotatable bonds is 7. The number of hydrogen-bond acceptors (Lipinski definition) is 7. The fraction of sp³-hybridized carbons (Fsp3) is 0.286. The van der Waals surface area contributed by atoms with Gasteiger partial charge in [0.05, 0.1) is 6.42 Å². The van der Waals surface area contributed by atoms with Gasteiger partial charge in [0.15, 0.2) is 5.58 Å². The van der Waals surface area contributed by atoms with E-state index in [0.29, 0.717) is 29.0 Å². The van der Waals surface area contributed by atoms with E-state index in [2.05, 4.69) is 39.4 Å². The zero-order valence-corrected chi connectivity index (χ0v) is 20.8. The van der Waals surface area contributed by atoms with Crippen LogP contribution in [0.25, 0.3) is 33.6 Å². The van der Waals surface area contributed by atoms with Crippen molar-refractivity contribution >= 4 is 11.0 Å². The minimum atomic E-state index is -0.466. The van der Waals surface area contributed by atoms with E-state index in [4.69, 9.17) is 8.94 Å². The predicted octanol–water partition coefficient (Wildman–Crippen LogP) is 5.80. The van der Waals surface area contributed by atoms with Crippen LogP contribution in [0.5, 0.6) is 5.75 Å². The van der Waals surface area contributed by atoms with Gasteiger partial charge in [-0.2, -0.15) is 0 Å². The third-order valence-electron chi connectivity index (χ3n) is 6.43. The summed E-state index contributed by atoms with van der Waals surface area (Å²) in [7, 11) is 0. The predicted molar refractivity (Wildman–Crippen MR) is 137 cm³/mol. The van der Waals surface area contributed by atoms with E-state index in [1.165, 1.54) is 0 Å². The number of aromatic nitrogens is 4. The van der Waals surface area contributed by atoms with Crippen LogP contribution in [0.1, 0.15) is 53.7 Å². The van der Waals surface area contributed by atoms with Crippen LogP contribution in [0.2, 0.25) is 0 Å². The summed E-state index contributed by atoms with van der Waals surface area (Å²) in [5, 5.41) is 24.7. The SMILES string of the molecule is CCCCc1[nH]c(=O)c(-c2nnc(Cc3noc4ccccc34)o2)c(O)c1-c1c(C)cc(C)cc1C. The summed E-state index contributed by atoms with van der Waals surface area (Å²) in [6, 6.07) is 11.7. The van der Waals surface area contributed by atoms with Crippen molar-refractivity contribution in [2.45, 2.75) is 53.4 Å². The first-order valence-electron chi connectivity index (χ1n) is 12.1. The highest BCUT2D eigenvalue weighted by molar-refractivity contribution is 5.84. The molecule has 0 radical (unpaired) electrons. The molecule has 0 fully saturated rings. The second-order valence-corrected chi connectivity index (χ2v) is 9.21. The molecule has 2 aromatic carbocycles. The highest BCUT2D eigenvalue weighted by Crippen LogP contribution is 2.41. The Labute approximate surface area is 208 Å². The lowest BCUT2D eigenvalue weighted by Gasteiger charge is -2.18. The number of nitrogens with zero attached hydrogens (tertiary/aromatic N) is 3. The van der Waals surface area contributed by atoms with Crippen molar-refractivity contribution in [2.24, 2.45) is 0 Å². The van der Waals surface area contributed by atoms with Crippen LogP contribution >= 0.6 is 0 Å². The fourth-order valence-corrected chi connectivity index (χ4v) is 4.86. The van der Waals surface area contributed by atoms with Gasteiger partial charge in [-0.05, 0) is 62.4 Å². The fourth-order valence-electron chi connectivity index (χ4n) is 4.86. The maximum atomic E-state index is 13.2. The van der Waals surface area contributed by atoms with Gasteiger partial charge >= 0.3 is 0 Å². The van der Waals surface area contributed by atoms with Crippen molar-refractivity contribution in [3.8, 4) is 28.3 Å². The number of para-hydroxylation sites is 1. The van der Waals surface area contributed by atoms with Crippen LogP contribution in [0.15, 0.2) is 50.1 Å². The van der Waals surface area contributed by atoms with Gasteiger partial charge in [-0.1, -0.05) is 48.3 Å². The number of benzene rings is 2. The largest absolute Gasteiger partial charge is 0.506 e. The normalized spacial score (nSPS) is 11.4. The molecule has 0 aliphatic carbocycles. The smallest absolute Gasteiger partial charge is 0.264 e. The maximum Gasteiger partial charge on any atom is 0.264 e. The molecule has 3 heterocycles. The number of aryl methyl sites for hydroxylation is 4. The van der Waals surface area contributed by atoms with Crippen molar-refractivity contribution in [1.82, 2.24) is 20.3 Å². The van der Waals surface area contributed by atoms with E-state index in [0.717, 1.165) is 40.5 Å². The second-order valence-electron chi connectivity index (χ2n) is 9.21. The monoisotopic (exact) mass is 484 g/mol. The van der Waals surface area contributed by atoms with Crippen LogP contribution in [-0.2, 0) is 12.8 Å². The van der Waals surface area contributed by atoms with Crippen molar-refractivity contribution in [3.63, 3.8) is 0 Å². The molecule has 0 saturated heterocycles. The lowest BCUT2D eigenvalue weighted by atomic mass is 9.90. The van der Waals surface area contributed by atoms with Crippen molar-refractivity contribution in [3.05, 3.63) is 80.7 Å². The third-order valence-corrected chi connectivity index (χ3v) is 6.43. The molecule has 5 aromatic rings. The molecule has 0 unspecified atom stereocenters. The number of H-pyrrole nitrogens is 1. The summed E-state index contributed by atoms with van der Waals surface area (Å²) >= 11 is 0. The minimum absolute atomic E-state index is 0.0339. The average Bonchev–Trinajstić information content (AvgIpc) is 3.46. The molecule has 5 rings (SSSR count). The summed E-state index contributed by atoms with van der Waals surface area (Å²) < 4.78 is 11.2. The van der Waals surface area contributed by atoms with E-state index >= 15 is 0 Å². The molecule has 0 amide bonds. The van der Waals surface area contributed by atoms with E-state index in [1.54, 1.807) is 0 Å². The molecule has 36 heavy (non-hydrogen) atoms. The van der Waals surface area contributed by atoms with Crippen molar-refractivity contribution in [2.75, 3.05) is 0 Å². The standard InChI is InChI=1S/C28H28N4O4/c1-5-6-10-19-24(23-16(3)12-15(2)13-17(23)4)26(33)25(27(34)29-19)28-31-30-22(35-28)14-20-18-9-7-8-11-21(18)36-32-20/h7-9,11-13H,5-6,10,14H2,1-4H3,(H2,29,33,34). The van der Waals surface area contributed by atoms with Gasteiger partial charge in [-0.3, -0.25) is 4.79 Å². The van der Waals surface area contributed by atoms with E-state index in [9.17, 15) is 9.90 Å². The Morgan fingerprint density at radius 3 is 2.50 bits per heavy atom. The molecule has 8 nitrogen and oxygen atoms in total. The number of hydrogen-bond donors (Lipinski definition) is 2. The molecule has 2 N–H and O–H groups in total. The molecule has 184 valence electrons. The van der Waals surface area contributed by atoms with Crippen LogP contribution in [0, 0.1) is 20.8 Å². The van der Waals surface area contributed by atoms with Crippen LogP contribution < -0.4 is 5.56 Å². The molecule has 8 heteroatoms. The number of aromatic hydroxyl groups is 1. The molecule has 0 bridgehead atoms. The third kappa shape index (κ3) is 4.19. The Morgan fingerprint density at radius 1 is 1.00 bits per heavy atom. The lowest BCUT2D eigenvalue weighted by molar-refractivity contribution is 0.440. The Morgan fingerprint density at radius 2 is 1.75 bits per heavy atom. The van der Waals surface area contributed by atoms with Crippen molar-refractivity contribution < 1.29 is 14.0 Å². The highest BCUT2D eigenvalue weighted by Gasteiger charge is 2.26. The highest BCUT2D eigenvalue weighted by atomic mass is 16.5. The van der Waals surface area contributed by atoms with Gasteiger partial charge in [0.25, 0.3) is 11.4 Å². The molecule has 0 aliphatic rings. The zero-order chi connectivity index (χ0) is 25.4. The Kier molecular flexibility index (Phi) is 6.18. The van der Waals surface area contributed by atoms with Gasteiger partial charge in [0.1, 0.15) is 17.0 Å². The summed E-state index contributed by atoms with van der Waals surface area (Å²) in [5.41, 5.74) is 6.19. The van der Waals surface area contributed by atoms with Crippen LogP contribution in [-0.4, -0.2) is 25.4 Å². The first kappa shape index (κ1) is 23.5. The maximum absolute atomic E-state index is 13.2. The minimum Gasteiger partial charge on any atom is -0.506 e. The Balaban J connectivity index is 1.61. The molecule has 0 spiro atoms. The first-order chi connectivity index (χ1) is 17.4. The molecule has 0 saturated carbocycles. The van der Waals surface area contributed by atoms with Gasteiger partial charge in [-0.25, -0.2) is 0 Å². The van der Waals surface area contributed by atoms with Gasteiger partial charge < -0.3 is 19.0 Å². The second kappa shape index (κ2) is 9.45. The van der Waals surface area contributed by atoms with Crippen molar-refractivity contribution in [1.29, 1.82) is 0 Å². The van der Waals surface area contributed by atoms with Gasteiger partial charge in [0, 0.05) is 16.6 Å². The van der Waals surface area contributed by atoms with Crippen LogP contribution in [0.4, 0.5) is 0 Å². The summed E-state index contributed by atoms with van der Waals surface area (Å²) in [4.78, 5) is 16.2. The number of unbranched alkanes of at least 4 members (excludes halogenated alkanes) is 1. The number of nitrogens with one attached hydrogen (secondary N) is 1. The summed E-state index contributed by atoms with van der Waals surface area (Å²) in [6.07, 6.45) is 2.71. The molecule has 0 atom stereocenters. The van der Waals surface area contributed by atoms with E-state index in [1.807, 2.05) is 45.0 Å². The summed E-state index contributed by atoms with van der Waals surface area (Å²) in [5.74, 6) is 0.0754. The molecule has 3 aromatic heterocycles. The lowest BCUT2D eigenvalue weighted by Crippen LogP contribution is -2.14. The topological polar surface area (TPSA) is 118 Å². The molecular formula is C28H28N4O4. The molecule has 0 aliphatic heterocycles. The Bertz CT molecular complexity index is 1600. The number of aromatic amines is 1. The first-order valence-corrected chi connectivity index (χ1v) is 12.1. The van der Waals surface area contributed by atoms with Gasteiger partial charge in [-0.15, -0.1) is 10.2 Å². The quantitative estimate of drug-likeness (QED) is 0.300. The summed E-state index contributed by atoms with van der Waals surface area (Å²) in [6.45, 7) is 8.15. The van der Waals surface area contributed by atoms with E-state index < -0.39 is 5.56 Å².